The Morgan fingerprint density at radius 1 is 1.14 bits per heavy atom. The first kappa shape index (κ1) is 18.1. The summed E-state index contributed by atoms with van der Waals surface area (Å²) in [6.07, 6.45) is 4.92. The average molecular weight is 377 g/mol. The predicted molar refractivity (Wildman–Crippen MR) is 105 cm³/mol. The van der Waals surface area contributed by atoms with Gasteiger partial charge in [-0.3, -0.25) is 9.48 Å². The number of hydrogen-bond donors (Lipinski definition) is 1. The maximum Gasteiger partial charge on any atom is 0.231 e. The third kappa shape index (κ3) is 4.17. The second-order valence-electron chi connectivity index (χ2n) is 6.90. The molecule has 4 rings (SSSR count). The summed E-state index contributed by atoms with van der Waals surface area (Å²) in [7, 11) is 1.89. The number of hydrogen-bond acceptors (Lipinski definition) is 4. The lowest BCUT2D eigenvalue weighted by Gasteiger charge is -2.18. The van der Waals surface area contributed by atoms with Gasteiger partial charge in [0.05, 0.1) is 6.20 Å². The number of amides is 1. The molecule has 3 aromatic rings. The van der Waals surface area contributed by atoms with Crippen molar-refractivity contribution < 1.29 is 14.3 Å². The van der Waals surface area contributed by atoms with Gasteiger partial charge < -0.3 is 14.8 Å². The van der Waals surface area contributed by atoms with Gasteiger partial charge in [0, 0.05) is 32.1 Å². The highest BCUT2D eigenvalue weighted by Gasteiger charge is 2.21. The number of carbonyl (C=O) groups is 1. The van der Waals surface area contributed by atoms with Crippen molar-refractivity contribution in [2.75, 3.05) is 13.3 Å². The van der Waals surface area contributed by atoms with Gasteiger partial charge in [-0.15, -0.1) is 0 Å². The monoisotopic (exact) mass is 377 g/mol. The first-order chi connectivity index (χ1) is 13.7. The molecular formula is C22H23N3O3. The van der Waals surface area contributed by atoms with Crippen molar-refractivity contribution in [3.63, 3.8) is 0 Å². The molecule has 1 N–H and O–H groups in total. The Bertz CT molecular complexity index is 953. The summed E-state index contributed by atoms with van der Waals surface area (Å²) in [5.41, 5.74) is 3.25. The minimum atomic E-state index is -0.0471. The largest absolute Gasteiger partial charge is 0.454 e. The van der Waals surface area contributed by atoms with Crippen molar-refractivity contribution in [2.24, 2.45) is 7.05 Å². The molecule has 1 aliphatic heterocycles. The molecule has 0 spiro atoms. The fourth-order valence-corrected chi connectivity index (χ4v) is 3.45. The van der Waals surface area contributed by atoms with E-state index >= 15 is 0 Å². The Hall–Kier alpha value is -3.28. The average Bonchev–Trinajstić information content (AvgIpc) is 3.35. The maximum atomic E-state index is 12.6. The number of aromatic nitrogens is 2. The van der Waals surface area contributed by atoms with Crippen LogP contribution in [0.25, 0.3) is 0 Å². The summed E-state index contributed by atoms with van der Waals surface area (Å²) >= 11 is 0. The molecule has 0 bridgehead atoms. The van der Waals surface area contributed by atoms with Crippen molar-refractivity contribution in [3.8, 4) is 11.5 Å². The highest BCUT2D eigenvalue weighted by Crippen LogP contribution is 2.37. The van der Waals surface area contributed by atoms with E-state index in [4.69, 9.17) is 9.47 Å². The van der Waals surface area contributed by atoms with Crippen LogP contribution in [0, 0.1) is 0 Å². The van der Waals surface area contributed by atoms with Crippen LogP contribution in [0.1, 0.15) is 29.0 Å². The fraction of sp³-hybridized carbons (Fsp3) is 0.273. The van der Waals surface area contributed by atoms with Crippen LogP contribution < -0.4 is 14.8 Å². The summed E-state index contributed by atoms with van der Waals surface area (Å²) in [6.45, 7) is 0.830. The number of carbonyl (C=O) groups excluding carboxylic acids is 1. The first-order valence-electron chi connectivity index (χ1n) is 9.38. The van der Waals surface area contributed by atoms with E-state index in [9.17, 15) is 4.79 Å². The van der Waals surface area contributed by atoms with E-state index in [-0.39, 0.29) is 18.6 Å². The number of aryl methyl sites for hydroxylation is 1. The Morgan fingerprint density at radius 2 is 1.96 bits per heavy atom. The third-order valence-electron chi connectivity index (χ3n) is 4.88. The number of nitrogens with one attached hydrogen (secondary N) is 1. The molecule has 6 nitrogen and oxygen atoms in total. The second kappa shape index (κ2) is 8.17. The van der Waals surface area contributed by atoms with Crippen LogP contribution in [0.5, 0.6) is 11.5 Å². The molecule has 1 amide bonds. The molecule has 144 valence electrons. The van der Waals surface area contributed by atoms with Gasteiger partial charge >= 0.3 is 0 Å². The zero-order chi connectivity index (χ0) is 19.3. The van der Waals surface area contributed by atoms with Gasteiger partial charge in [-0.25, -0.2) is 0 Å². The summed E-state index contributed by atoms with van der Waals surface area (Å²) in [6, 6.07) is 16.0. The van der Waals surface area contributed by atoms with Crippen molar-refractivity contribution in [3.05, 3.63) is 77.6 Å². The molecule has 0 unspecified atom stereocenters. The number of benzene rings is 2. The summed E-state index contributed by atoms with van der Waals surface area (Å²) in [5, 5.41) is 7.18. The lowest BCUT2D eigenvalue weighted by Crippen LogP contribution is -2.27. The Labute approximate surface area is 164 Å². The third-order valence-corrected chi connectivity index (χ3v) is 4.88. The number of fused-ring (bicyclic) bond motifs is 1. The molecule has 2 heterocycles. The number of rotatable bonds is 7. The van der Waals surface area contributed by atoms with Crippen LogP contribution in [-0.4, -0.2) is 29.0 Å². The topological polar surface area (TPSA) is 65.4 Å². The van der Waals surface area contributed by atoms with E-state index in [0.29, 0.717) is 13.0 Å². The van der Waals surface area contributed by atoms with E-state index < -0.39 is 0 Å². The van der Waals surface area contributed by atoms with Crippen molar-refractivity contribution in [2.45, 2.75) is 18.8 Å². The molecule has 0 aliphatic carbocycles. The molecule has 1 atom stereocenters. The number of nitrogens with zero attached hydrogens (tertiary/aromatic N) is 2. The molecule has 0 saturated carbocycles. The first-order valence-corrected chi connectivity index (χ1v) is 9.38. The minimum absolute atomic E-state index is 0.0235. The molecule has 1 aliphatic rings. The van der Waals surface area contributed by atoms with E-state index in [0.717, 1.165) is 34.6 Å². The normalized spacial score (nSPS) is 13.3. The van der Waals surface area contributed by atoms with Crippen LogP contribution in [0.15, 0.2) is 60.9 Å². The summed E-state index contributed by atoms with van der Waals surface area (Å²) in [5.74, 6) is 1.46. The van der Waals surface area contributed by atoms with Gasteiger partial charge in [0.25, 0.3) is 0 Å². The fourth-order valence-electron chi connectivity index (χ4n) is 3.45. The highest BCUT2D eigenvalue weighted by molar-refractivity contribution is 5.77. The molecule has 2 aromatic carbocycles. The quantitative estimate of drug-likeness (QED) is 0.687. The second-order valence-corrected chi connectivity index (χ2v) is 6.90. The molecule has 6 heteroatoms. The smallest absolute Gasteiger partial charge is 0.231 e. The molecule has 1 aromatic heterocycles. The maximum absolute atomic E-state index is 12.6. The molecular weight excluding hydrogens is 354 g/mol. The number of ether oxygens (including phenoxy) is 2. The van der Waals surface area contributed by atoms with Gasteiger partial charge in [-0.2, -0.15) is 5.10 Å². The van der Waals surface area contributed by atoms with Crippen LogP contribution in [0.2, 0.25) is 0 Å². The lowest BCUT2D eigenvalue weighted by molar-refractivity contribution is -0.121. The van der Waals surface area contributed by atoms with Crippen molar-refractivity contribution in [1.82, 2.24) is 15.1 Å². The van der Waals surface area contributed by atoms with Gasteiger partial charge in [0.1, 0.15) is 0 Å². The lowest BCUT2D eigenvalue weighted by atomic mass is 9.88. The van der Waals surface area contributed by atoms with Gasteiger partial charge in [-0.1, -0.05) is 36.4 Å². The Morgan fingerprint density at radius 3 is 2.75 bits per heavy atom. The van der Waals surface area contributed by atoms with Crippen LogP contribution in [0.4, 0.5) is 0 Å². The van der Waals surface area contributed by atoms with Crippen LogP contribution in [0.3, 0.4) is 0 Å². The SMILES string of the molecule is Cn1cc(CCNC(=O)C[C@H](c2ccccc2)c2ccc3c(c2)OCO3)cn1. The van der Waals surface area contributed by atoms with E-state index in [1.807, 2.05) is 55.8 Å². The van der Waals surface area contributed by atoms with E-state index in [1.54, 1.807) is 4.68 Å². The van der Waals surface area contributed by atoms with Gasteiger partial charge in [0.2, 0.25) is 12.7 Å². The van der Waals surface area contributed by atoms with Gasteiger partial charge in [0.15, 0.2) is 11.5 Å². The molecule has 28 heavy (non-hydrogen) atoms. The Kier molecular flexibility index (Phi) is 5.28. The standard InChI is InChI=1S/C22H23N3O3/c1-25-14-16(13-24-25)9-10-23-22(26)12-19(17-5-3-2-4-6-17)18-7-8-20-21(11-18)28-15-27-20/h2-8,11,13-14,19H,9-10,12,15H2,1H3,(H,23,26)/t19-/m1/s1. The van der Waals surface area contributed by atoms with Gasteiger partial charge in [-0.05, 0) is 35.2 Å². The summed E-state index contributed by atoms with van der Waals surface area (Å²) in [4.78, 5) is 12.6. The van der Waals surface area contributed by atoms with Crippen molar-refractivity contribution >= 4 is 5.91 Å². The molecule has 0 saturated heterocycles. The zero-order valence-corrected chi connectivity index (χ0v) is 15.8. The molecule has 0 radical (unpaired) electrons. The predicted octanol–water partition coefficient (Wildman–Crippen LogP) is 3.03. The molecule has 0 fully saturated rings. The van der Waals surface area contributed by atoms with Crippen LogP contribution in [-0.2, 0) is 18.3 Å². The van der Waals surface area contributed by atoms with Crippen LogP contribution >= 0.6 is 0 Å². The highest BCUT2D eigenvalue weighted by atomic mass is 16.7. The van der Waals surface area contributed by atoms with Crippen molar-refractivity contribution in [1.29, 1.82) is 0 Å². The van der Waals surface area contributed by atoms with E-state index in [2.05, 4.69) is 22.5 Å². The zero-order valence-electron chi connectivity index (χ0n) is 15.8. The Balaban J connectivity index is 1.45. The van der Waals surface area contributed by atoms with E-state index in [1.165, 1.54) is 0 Å². The minimum Gasteiger partial charge on any atom is -0.454 e. The summed E-state index contributed by atoms with van der Waals surface area (Å²) < 4.78 is 12.7.